The summed E-state index contributed by atoms with van der Waals surface area (Å²) in [5.41, 5.74) is 6.10. The maximum atomic E-state index is 13.4. The fourth-order valence-corrected chi connectivity index (χ4v) is 1.37. The van der Waals surface area contributed by atoms with Crippen LogP contribution in [-0.2, 0) is 0 Å². The number of nitrogens with two attached hydrogens (primary N) is 1. The van der Waals surface area contributed by atoms with Crippen molar-refractivity contribution in [1.29, 1.82) is 0 Å². The van der Waals surface area contributed by atoms with Gasteiger partial charge >= 0.3 is 0 Å². The molecule has 0 spiro atoms. The first kappa shape index (κ1) is 9.58. The summed E-state index contributed by atoms with van der Waals surface area (Å²) < 4.78 is 26.7. The van der Waals surface area contributed by atoms with Crippen LogP contribution in [0.1, 0.15) is 0 Å². The minimum Gasteiger partial charge on any atom is -0.397 e. The monoisotopic (exact) mass is 206 g/mol. The van der Waals surface area contributed by atoms with Gasteiger partial charge in [0, 0.05) is 18.0 Å². The highest BCUT2D eigenvalue weighted by molar-refractivity contribution is 5.66. The molecular formula is C11H8F2N2. The second kappa shape index (κ2) is 3.65. The lowest BCUT2D eigenvalue weighted by Gasteiger charge is -2.04. The molecule has 0 radical (unpaired) electrons. The van der Waals surface area contributed by atoms with Crippen molar-refractivity contribution in [3.8, 4) is 11.1 Å². The number of hydrogen-bond donors (Lipinski definition) is 1. The van der Waals surface area contributed by atoms with Crippen LogP contribution in [0.25, 0.3) is 11.1 Å². The number of nitrogen functional groups attached to an aromatic ring is 1. The number of aromatic nitrogens is 1. The Morgan fingerprint density at radius 3 is 2.33 bits per heavy atom. The summed E-state index contributed by atoms with van der Waals surface area (Å²) in [6.07, 6.45) is 2.79. The molecule has 1 aromatic carbocycles. The Morgan fingerprint density at radius 1 is 1.07 bits per heavy atom. The minimum absolute atomic E-state index is 0.0997. The highest BCUT2D eigenvalue weighted by Gasteiger charge is 2.10. The summed E-state index contributed by atoms with van der Waals surface area (Å²) >= 11 is 0. The van der Waals surface area contributed by atoms with E-state index in [9.17, 15) is 8.78 Å². The van der Waals surface area contributed by atoms with Crippen molar-refractivity contribution < 1.29 is 8.78 Å². The predicted octanol–water partition coefficient (Wildman–Crippen LogP) is 2.61. The molecule has 2 N–H and O–H groups in total. The smallest absolute Gasteiger partial charge is 0.134 e. The second-order valence-electron chi connectivity index (χ2n) is 3.10. The molecule has 1 heterocycles. The van der Waals surface area contributed by atoms with Crippen molar-refractivity contribution in [2.45, 2.75) is 0 Å². The summed E-state index contributed by atoms with van der Waals surface area (Å²) in [4.78, 5) is 3.78. The molecule has 2 aromatic rings. The Bertz CT molecular complexity index is 477. The van der Waals surface area contributed by atoms with Crippen molar-refractivity contribution in [2.75, 3.05) is 5.73 Å². The lowest BCUT2D eigenvalue weighted by Crippen LogP contribution is -1.92. The molecule has 0 saturated carbocycles. The fraction of sp³-hybridized carbons (Fsp3) is 0. The maximum Gasteiger partial charge on any atom is 0.134 e. The van der Waals surface area contributed by atoms with Gasteiger partial charge < -0.3 is 5.73 Å². The summed E-state index contributed by atoms with van der Waals surface area (Å²) in [5, 5.41) is 0. The van der Waals surface area contributed by atoms with Gasteiger partial charge in [0.15, 0.2) is 0 Å². The lowest BCUT2D eigenvalue weighted by molar-refractivity contribution is 0.589. The molecule has 0 bridgehead atoms. The van der Waals surface area contributed by atoms with Crippen molar-refractivity contribution in [1.82, 2.24) is 4.98 Å². The van der Waals surface area contributed by atoms with Crippen molar-refractivity contribution >= 4 is 5.69 Å². The predicted molar refractivity (Wildman–Crippen MR) is 54.0 cm³/mol. The molecule has 0 fully saturated rings. The Kier molecular flexibility index (Phi) is 2.33. The van der Waals surface area contributed by atoms with Crippen LogP contribution < -0.4 is 5.73 Å². The van der Waals surface area contributed by atoms with Gasteiger partial charge in [-0.3, -0.25) is 4.98 Å². The Balaban J connectivity index is 2.63. The highest BCUT2D eigenvalue weighted by atomic mass is 19.1. The van der Waals surface area contributed by atoms with Crippen LogP contribution in [0.15, 0.2) is 36.7 Å². The number of hydrogen-bond acceptors (Lipinski definition) is 2. The van der Waals surface area contributed by atoms with Crippen LogP contribution in [0.3, 0.4) is 0 Å². The zero-order valence-corrected chi connectivity index (χ0v) is 7.74. The number of rotatable bonds is 1. The molecule has 0 atom stereocenters. The van der Waals surface area contributed by atoms with Gasteiger partial charge in [0.05, 0.1) is 11.3 Å². The zero-order valence-electron chi connectivity index (χ0n) is 7.74. The summed E-state index contributed by atoms with van der Waals surface area (Å²) in [5.74, 6) is -1.25. The molecule has 0 saturated heterocycles. The van der Waals surface area contributed by atoms with E-state index in [1.807, 2.05) is 0 Å². The summed E-state index contributed by atoms with van der Waals surface area (Å²) in [7, 11) is 0. The number of benzene rings is 1. The minimum atomic E-state index is -0.623. The van der Waals surface area contributed by atoms with Gasteiger partial charge in [-0.1, -0.05) is 6.07 Å². The van der Waals surface area contributed by atoms with E-state index >= 15 is 0 Å². The molecule has 0 aliphatic heterocycles. The van der Waals surface area contributed by atoms with E-state index in [-0.39, 0.29) is 5.56 Å². The van der Waals surface area contributed by atoms with Gasteiger partial charge in [0.2, 0.25) is 0 Å². The summed E-state index contributed by atoms with van der Waals surface area (Å²) in [6, 6.07) is 5.19. The van der Waals surface area contributed by atoms with Crippen LogP contribution in [0, 0.1) is 11.6 Å². The van der Waals surface area contributed by atoms with Gasteiger partial charge in [-0.2, -0.15) is 0 Å². The van der Waals surface area contributed by atoms with Crippen molar-refractivity contribution in [3.63, 3.8) is 0 Å². The molecule has 15 heavy (non-hydrogen) atoms. The number of nitrogens with zero attached hydrogens (tertiary/aromatic N) is 1. The third-order valence-corrected chi connectivity index (χ3v) is 2.01. The number of halogens is 2. The molecule has 2 rings (SSSR count). The fourth-order valence-electron chi connectivity index (χ4n) is 1.37. The van der Waals surface area contributed by atoms with E-state index in [0.29, 0.717) is 11.3 Å². The first-order chi connectivity index (χ1) is 7.18. The first-order valence-electron chi connectivity index (χ1n) is 4.33. The number of anilines is 1. The molecule has 0 unspecified atom stereocenters. The molecule has 76 valence electrons. The molecular weight excluding hydrogens is 198 g/mol. The topological polar surface area (TPSA) is 38.9 Å². The molecule has 1 aromatic heterocycles. The molecule has 2 nitrogen and oxygen atoms in total. The van der Waals surface area contributed by atoms with Crippen LogP contribution in [0.5, 0.6) is 0 Å². The average Bonchev–Trinajstić information content (AvgIpc) is 2.17. The Morgan fingerprint density at radius 2 is 1.73 bits per heavy atom. The largest absolute Gasteiger partial charge is 0.397 e. The zero-order chi connectivity index (χ0) is 10.8. The molecule has 4 heteroatoms. The lowest BCUT2D eigenvalue weighted by atomic mass is 10.1. The van der Waals surface area contributed by atoms with Gasteiger partial charge in [-0.15, -0.1) is 0 Å². The highest BCUT2D eigenvalue weighted by Crippen LogP contribution is 2.26. The van der Waals surface area contributed by atoms with E-state index in [1.54, 1.807) is 0 Å². The first-order valence-corrected chi connectivity index (χ1v) is 4.33. The Hall–Kier alpha value is -1.97. The molecule has 0 aliphatic rings. The van der Waals surface area contributed by atoms with E-state index < -0.39 is 11.6 Å². The van der Waals surface area contributed by atoms with Gasteiger partial charge in [-0.05, 0) is 18.2 Å². The van der Waals surface area contributed by atoms with Gasteiger partial charge in [0.25, 0.3) is 0 Å². The Labute approximate surface area is 85.4 Å². The summed E-state index contributed by atoms with van der Waals surface area (Å²) in [6.45, 7) is 0. The van der Waals surface area contributed by atoms with Crippen molar-refractivity contribution in [2.24, 2.45) is 0 Å². The second-order valence-corrected chi connectivity index (χ2v) is 3.10. The van der Waals surface area contributed by atoms with E-state index in [4.69, 9.17) is 5.73 Å². The SMILES string of the molecule is Nc1cncc(-c2c(F)cccc2F)c1. The molecule has 0 amide bonds. The van der Waals surface area contributed by atoms with Crippen molar-refractivity contribution in [3.05, 3.63) is 48.3 Å². The third-order valence-electron chi connectivity index (χ3n) is 2.01. The van der Waals surface area contributed by atoms with E-state index in [2.05, 4.69) is 4.98 Å². The average molecular weight is 206 g/mol. The quantitative estimate of drug-likeness (QED) is 0.778. The third kappa shape index (κ3) is 1.79. The maximum absolute atomic E-state index is 13.4. The van der Waals surface area contributed by atoms with E-state index in [1.165, 1.54) is 36.7 Å². The van der Waals surface area contributed by atoms with E-state index in [0.717, 1.165) is 0 Å². The van der Waals surface area contributed by atoms with Gasteiger partial charge in [0.1, 0.15) is 11.6 Å². The van der Waals surface area contributed by atoms with Gasteiger partial charge in [-0.25, -0.2) is 8.78 Å². The number of pyridine rings is 1. The molecule has 0 aliphatic carbocycles. The standard InChI is InChI=1S/C11H8F2N2/c12-9-2-1-3-10(13)11(9)7-4-8(14)6-15-5-7/h1-6H,14H2. The van der Waals surface area contributed by atoms with Crippen LogP contribution >= 0.6 is 0 Å². The van der Waals surface area contributed by atoms with Crippen LogP contribution in [0.2, 0.25) is 0 Å². The van der Waals surface area contributed by atoms with Crippen LogP contribution in [-0.4, -0.2) is 4.98 Å². The normalized spacial score (nSPS) is 10.3. The van der Waals surface area contributed by atoms with Crippen LogP contribution in [0.4, 0.5) is 14.5 Å².